The van der Waals surface area contributed by atoms with Crippen LogP contribution in [0.25, 0.3) is 0 Å². The van der Waals surface area contributed by atoms with Crippen molar-refractivity contribution >= 4 is 17.7 Å². The van der Waals surface area contributed by atoms with E-state index in [1.165, 1.54) is 15.5 Å². The van der Waals surface area contributed by atoms with Gasteiger partial charge in [0.2, 0.25) is 0 Å². The molecule has 0 spiro atoms. The van der Waals surface area contributed by atoms with E-state index in [9.17, 15) is 14.4 Å². The number of aryl methyl sites for hydroxylation is 1. The van der Waals surface area contributed by atoms with Gasteiger partial charge in [0.25, 0.3) is 11.5 Å². The molecule has 0 unspecified atom stereocenters. The number of nitrogens with one attached hydrogen (secondary N) is 1. The fraction of sp³-hybridized carbons (Fsp3) is 0.296. The summed E-state index contributed by atoms with van der Waals surface area (Å²) in [6.45, 7) is 8.13. The number of aromatic nitrogens is 1. The summed E-state index contributed by atoms with van der Waals surface area (Å²) < 4.78 is 6.90. The van der Waals surface area contributed by atoms with Crippen LogP contribution in [0.3, 0.4) is 0 Å². The Morgan fingerprint density at radius 3 is 2.41 bits per heavy atom. The maximum absolute atomic E-state index is 12.9. The largest absolute Gasteiger partial charge is 0.444 e. The van der Waals surface area contributed by atoms with Gasteiger partial charge >= 0.3 is 6.09 Å². The van der Waals surface area contributed by atoms with Crippen LogP contribution < -0.4 is 10.9 Å². The van der Waals surface area contributed by atoms with Gasteiger partial charge in [-0.3, -0.25) is 9.59 Å². The molecular weight excluding hydrogens is 430 g/mol. The Balaban J connectivity index is 1.71. The van der Waals surface area contributed by atoms with Crippen LogP contribution in [-0.4, -0.2) is 34.1 Å². The Morgan fingerprint density at radius 1 is 1.00 bits per heavy atom. The molecule has 1 aromatic heterocycles. The molecule has 3 aromatic rings. The third-order valence-electron chi connectivity index (χ3n) is 5.01. The normalized spacial score (nSPS) is 11.1. The van der Waals surface area contributed by atoms with Gasteiger partial charge in [0.05, 0.1) is 6.54 Å². The fourth-order valence-electron chi connectivity index (χ4n) is 3.47. The van der Waals surface area contributed by atoms with E-state index >= 15 is 0 Å². The van der Waals surface area contributed by atoms with Gasteiger partial charge in [-0.1, -0.05) is 42.0 Å². The van der Waals surface area contributed by atoms with Crippen LogP contribution in [0.1, 0.15) is 47.8 Å². The molecule has 0 saturated carbocycles. The molecule has 2 amide bonds. The highest BCUT2D eigenvalue weighted by Gasteiger charge is 2.20. The summed E-state index contributed by atoms with van der Waals surface area (Å²) in [5.41, 5.74) is 2.57. The van der Waals surface area contributed by atoms with Crippen molar-refractivity contribution in [3.8, 4) is 0 Å². The lowest BCUT2D eigenvalue weighted by Crippen LogP contribution is -2.33. The number of ether oxygens (including phenoxy) is 1. The van der Waals surface area contributed by atoms with E-state index in [4.69, 9.17) is 4.74 Å². The average molecular weight is 462 g/mol. The Morgan fingerprint density at radius 2 is 1.71 bits per heavy atom. The van der Waals surface area contributed by atoms with Crippen LogP contribution in [0.4, 0.5) is 10.5 Å². The van der Waals surface area contributed by atoms with E-state index in [1.807, 2.05) is 58.0 Å². The minimum absolute atomic E-state index is 0.0615. The number of pyridine rings is 1. The molecule has 0 radical (unpaired) electrons. The third-order valence-corrected chi connectivity index (χ3v) is 5.01. The summed E-state index contributed by atoms with van der Waals surface area (Å²) in [5.74, 6) is -0.485. The first-order chi connectivity index (χ1) is 16.0. The van der Waals surface area contributed by atoms with E-state index in [0.29, 0.717) is 18.8 Å². The molecule has 1 N–H and O–H groups in total. The van der Waals surface area contributed by atoms with Crippen molar-refractivity contribution in [1.29, 1.82) is 0 Å². The number of anilines is 1. The number of hydrogen-bond acceptors (Lipinski definition) is 4. The molecule has 2 aromatic carbocycles. The molecular formula is C27H31N3O4. The van der Waals surface area contributed by atoms with Gasteiger partial charge in [-0.15, -0.1) is 0 Å². The second kappa shape index (κ2) is 10.4. The van der Waals surface area contributed by atoms with Crippen molar-refractivity contribution in [3.63, 3.8) is 0 Å². The quantitative estimate of drug-likeness (QED) is 0.570. The number of carbonyl (C=O) groups is 2. The zero-order chi connectivity index (χ0) is 24.9. The van der Waals surface area contributed by atoms with Crippen molar-refractivity contribution in [2.45, 2.75) is 46.4 Å². The van der Waals surface area contributed by atoms with Crippen LogP contribution >= 0.6 is 0 Å². The standard InChI is InChI=1S/C27H31N3O4/c1-19-9-6-10-20(15-19)18-30-14-8-13-23(25(30)32)24(31)28-22-12-7-11-21(16-22)17-29(5)26(33)34-27(2,3)4/h6-16H,17-18H2,1-5H3,(H,28,31). The highest BCUT2D eigenvalue weighted by molar-refractivity contribution is 6.04. The fourth-order valence-corrected chi connectivity index (χ4v) is 3.47. The van der Waals surface area contributed by atoms with E-state index in [0.717, 1.165) is 16.7 Å². The topological polar surface area (TPSA) is 80.6 Å². The Bertz CT molecular complexity index is 1240. The summed E-state index contributed by atoms with van der Waals surface area (Å²) >= 11 is 0. The molecule has 7 heteroatoms. The zero-order valence-corrected chi connectivity index (χ0v) is 20.3. The van der Waals surface area contributed by atoms with Gasteiger partial charge in [-0.2, -0.15) is 0 Å². The molecule has 178 valence electrons. The van der Waals surface area contributed by atoms with Crippen LogP contribution in [0, 0.1) is 6.92 Å². The number of nitrogens with zero attached hydrogens (tertiary/aromatic N) is 2. The van der Waals surface area contributed by atoms with Gasteiger partial charge in [-0.05, 0) is 63.1 Å². The number of amides is 2. The predicted molar refractivity (Wildman–Crippen MR) is 133 cm³/mol. The van der Waals surface area contributed by atoms with Gasteiger partial charge < -0.3 is 19.5 Å². The smallest absolute Gasteiger partial charge is 0.410 e. The lowest BCUT2D eigenvalue weighted by atomic mass is 10.1. The van der Waals surface area contributed by atoms with Crippen molar-refractivity contribution < 1.29 is 14.3 Å². The molecule has 0 atom stereocenters. The van der Waals surface area contributed by atoms with Crippen molar-refractivity contribution in [2.24, 2.45) is 0 Å². The molecule has 0 bridgehead atoms. The van der Waals surface area contributed by atoms with Crippen LogP contribution in [-0.2, 0) is 17.8 Å². The average Bonchev–Trinajstić information content (AvgIpc) is 2.74. The van der Waals surface area contributed by atoms with Crippen LogP contribution in [0.2, 0.25) is 0 Å². The molecule has 34 heavy (non-hydrogen) atoms. The van der Waals surface area contributed by atoms with Crippen molar-refractivity contribution in [1.82, 2.24) is 9.47 Å². The highest BCUT2D eigenvalue weighted by atomic mass is 16.6. The number of rotatable bonds is 6. The SMILES string of the molecule is Cc1cccc(Cn2cccc(C(=O)Nc3cccc(CN(C)C(=O)OC(C)(C)C)c3)c2=O)c1. The molecule has 0 aliphatic carbocycles. The minimum atomic E-state index is -0.580. The first-order valence-electron chi connectivity index (χ1n) is 11.1. The third kappa shape index (κ3) is 6.81. The van der Waals surface area contributed by atoms with Gasteiger partial charge in [0.15, 0.2) is 0 Å². The second-order valence-corrected chi connectivity index (χ2v) is 9.33. The van der Waals surface area contributed by atoms with Crippen molar-refractivity contribution in [3.05, 3.63) is 99.5 Å². The lowest BCUT2D eigenvalue weighted by molar-refractivity contribution is 0.0285. The summed E-state index contributed by atoms with van der Waals surface area (Å²) in [5, 5.41) is 2.79. The van der Waals surface area contributed by atoms with Gasteiger partial charge in [0.1, 0.15) is 11.2 Å². The first kappa shape index (κ1) is 24.8. The Labute approximate surface area is 200 Å². The van der Waals surface area contributed by atoms with Crippen LogP contribution in [0.15, 0.2) is 71.7 Å². The summed E-state index contributed by atoms with van der Waals surface area (Å²) in [6, 6.07) is 18.3. The van der Waals surface area contributed by atoms with E-state index < -0.39 is 17.6 Å². The number of benzene rings is 2. The first-order valence-corrected chi connectivity index (χ1v) is 11.1. The Kier molecular flexibility index (Phi) is 7.56. The predicted octanol–water partition coefficient (Wildman–Crippen LogP) is 4.82. The number of carbonyl (C=O) groups excluding carboxylic acids is 2. The Hall–Kier alpha value is -3.87. The maximum atomic E-state index is 12.9. The maximum Gasteiger partial charge on any atom is 0.410 e. The molecule has 7 nitrogen and oxygen atoms in total. The van der Waals surface area contributed by atoms with Crippen LogP contribution in [0.5, 0.6) is 0 Å². The van der Waals surface area contributed by atoms with Gasteiger partial charge in [0, 0.05) is 25.5 Å². The molecule has 1 heterocycles. The second-order valence-electron chi connectivity index (χ2n) is 9.33. The summed E-state index contributed by atoms with van der Waals surface area (Å²) in [6.07, 6.45) is 1.24. The summed E-state index contributed by atoms with van der Waals surface area (Å²) in [4.78, 5) is 39.5. The summed E-state index contributed by atoms with van der Waals surface area (Å²) in [7, 11) is 1.65. The highest BCUT2D eigenvalue weighted by Crippen LogP contribution is 2.15. The van der Waals surface area contributed by atoms with E-state index in [2.05, 4.69) is 5.32 Å². The molecule has 0 aliphatic heterocycles. The molecule has 3 rings (SSSR count). The van der Waals surface area contributed by atoms with Gasteiger partial charge in [-0.25, -0.2) is 4.79 Å². The van der Waals surface area contributed by atoms with E-state index in [1.54, 1.807) is 37.5 Å². The molecule has 0 aliphatic rings. The number of hydrogen-bond donors (Lipinski definition) is 1. The molecule has 0 saturated heterocycles. The lowest BCUT2D eigenvalue weighted by Gasteiger charge is -2.24. The van der Waals surface area contributed by atoms with E-state index in [-0.39, 0.29) is 11.1 Å². The molecule has 0 fully saturated rings. The monoisotopic (exact) mass is 461 g/mol. The van der Waals surface area contributed by atoms with Crippen molar-refractivity contribution in [2.75, 3.05) is 12.4 Å². The minimum Gasteiger partial charge on any atom is -0.444 e. The zero-order valence-electron chi connectivity index (χ0n) is 20.3.